The van der Waals surface area contributed by atoms with Crippen molar-refractivity contribution in [2.75, 3.05) is 5.73 Å². The Morgan fingerprint density at radius 1 is 1.00 bits per heavy atom. The molecular formula is C16H19N. The summed E-state index contributed by atoms with van der Waals surface area (Å²) in [6.45, 7) is 6.36. The zero-order valence-corrected chi connectivity index (χ0v) is 10.7. The molecule has 0 spiro atoms. The van der Waals surface area contributed by atoms with Crippen molar-refractivity contribution in [2.45, 2.75) is 27.2 Å². The molecule has 0 radical (unpaired) electrons. The zero-order chi connectivity index (χ0) is 12.4. The fraction of sp³-hybridized carbons (Fsp3) is 0.250. The fourth-order valence-corrected chi connectivity index (χ4v) is 2.29. The zero-order valence-electron chi connectivity index (χ0n) is 10.7. The van der Waals surface area contributed by atoms with Crippen molar-refractivity contribution in [3.63, 3.8) is 0 Å². The Kier molecular flexibility index (Phi) is 3.19. The highest BCUT2D eigenvalue weighted by atomic mass is 14.6. The van der Waals surface area contributed by atoms with E-state index in [2.05, 4.69) is 57.2 Å². The molecule has 0 aliphatic rings. The van der Waals surface area contributed by atoms with Gasteiger partial charge in [-0.25, -0.2) is 0 Å². The second-order valence-corrected chi connectivity index (χ2v) is 4.55. The average molecular weight is 225 g/mol. The Morgan fingerprint density at radius 2 is 1.71 bits per heavy atom. The molecule has 17 heavy (non-hydrogen) atoms. The SMILES string of the molecule is CCc1ccccc1-c1cc(C)cc(C)c1N. The number of hydrogen-bond acceptors (Lipinski definition) is 1. The van der Waals surface area contributed by atoms with Gasteiger partial charge in [-0.15, -0.1) is 0 Å². The summed E-state index contributed by atoms with van der Waals surface area (Å²) < 4.78 is 0. The highest BCUT2D eigenvalue weighted by Crippen LogP contribution is 2.32. The van der Waals surface area contributed by atoms with Gasteiger partial charge >= 0.3 is 0 Å². The number of rotatable bonds is 2. The second-order valence-electron chi connectivity index (χ2n) is 4.55. The molecule has 1 heteroatoms. The minimum Gasteiger partial charge on any atom is -0.398 e. The van der Waals surface area contributed by atoms with Crippen LogP contribution in [0.4, 0.5) is 5.69 Å². The topological polar surface area (TPSA) is 26.0 Å². The second kappa shape index (κ2) is 4.62. The molecule has 88 valence electrons. The van der Waals surface area contributed by atoms with Gasteiger partial charge in [0.15, 0.2) is 0 Å². The van der Waals surface area contributed by atoms with Crippen LogP contribution < -0.4 is 5.73 Å². The third kappa shape index (κ3) is 2.19. The van der Waals surface area contributed by atoms with E-state index in [1.807, 2.05) is 0 Å². The molecule has 0 bridgehead atoms. The Morgan fingerprint density at radius 3 is 2.41 bits per heavy atom. The summed E-state index contributed by atoms with van der Waals surface area (Å²) in [4.78, 5) is 0. The maximum Gasteiger partial charge on any atom is 0.0423 e. The molecule has 0 fully saturated rings. The maximum absolute atomic E-state index is 6.21. The van der Waals surface area contributed by atoms with Crippen LogP contribution in [0.3, 0.4) is 0 Å². The van der Waals surface area contributed by atoms with Crippen LogP contribution >= 0.6 is 0 Å². The molecule has 0 aromatic heterocycles. The van der Waals surface area contributed by atoms with E-state index in [0.717, 1.165) is 17.7 Å². The van der Waals surface area contributed by atoms with Crippen molar-refractivity contribution in [3.8, 4) is 11.1 Å². The lowest BCUT2D eigenvalue weighted by molar-refractivity contribution is 1.14. The van der Waals surface area contributed by atoms with Crippen molar-refractivity contribution in [2.24, 2.45) is 0 Å². The minimum atomic E-state index is 0.900. The number of nitrogens with two attached hydrogens (primary N) is 1. The van der Waals surface area contributed by atoms with Gasteiger partial charge in [-0.3, -0.25) is 0 Å². The number of benzene rings is 2. The number of aryl methyl sites for hydroxylation is 3. The molecule has 2 aromatic carbocycles. The summed E-state index contributed by atoms with van der Waals surface area (Å²) in [6, 6.07) is 12.8. The summed E-state index contributed by atoms with van der Waals surface area (Å²) in [6.07, 6.45) is 1.03. The lowest BCUT2D eigenvalue weighted by Gasteiger charge is -2.13. The molecule has 0 saturated carbocycles. The van der Waals surface area contributed by atoms with E-state index in [4.69, 9.17) is 5.73 Å². The van der Waals surface area contributed by atoms with Crippen LogP contribution in [0.15, 0.2) is 36.4 Å². The van der Waals surface area contributed by atoms with E-state index >= 15 is 0 Å². The smallest absolute Gasteiger partial charge is 0.0423 e. The van der Waals surface area contributed by atoms with E-state index in [-0.39, 0.29) is 0 Å². The Bertz CT molecular complexity index is 541. The van der Waals surface area contributed by atoms with Gasteiger partial charge in [0, 0.05) is 11.3 Å². The fourth-order valence-electron chi connectivity index (χ4n) is 2.29. The molecule has 0 unspecified atom stereocenters. The van der Waals surface area contributed by atoms with Crippen LogP contribution in [0.2, 0.25) is 0 Å². The summed E-state index contributed by atoms with van der Waals surface area (Å²) in [5, 5.41) is 0. The van der Waals surface area contributed by atoms with E-state index in [0.29, 0.717) is 0 Å². The lowest BCUT2D eigenvalue weighted by Crippen LogP contribution is -1.97. The van der Waals surface area contributed by atoms with E-state index in [9.17, 15) is 0 Å². The van der Waals surface area contributed by atoms with Crippen LogP contribution in [0, 0.1) is 13.8 Å². The van der Waals surface area contributed by atoms with Crippen molar-refractivity contribution in [1.29, 1.82) is 0 Å². The Labute approximate surface area is 103 Å². The Hall–Kier alpha value is -1.76. The van der Waals surface area contributed by atoms with Crippen molar-refractivity contribution in [3.05, 3.63) is 53.1 Å². The van der Waals surface area contributed by atoms with E-state index in [1.54, 1.807) is 0 Å². The third-order valence-corrected chi connectivity index (χ3v) is 3.22. The van der Waals surface area contributed by atoms with Crippen LogP contribution in [-0.4, -0.2) is 0 Å². The summed E-state index contributed by atoms with van der Waals surface area (Å²) >= 11 is 0. The van der Waals surface area contributed by atoms with Crippen molar-refractivity contribution >= 4 is 5.69 Å². The third-order valence-electron chi connectivity index (χ3n) is 3.22. The first-order valence-electron chi connectivity index (χ1n) is 6.08. The number of anilines is 1. The first-order valence-corrected chi connectivity index (χ1v) is 6.08. The van der Waals surface area contributed by atoms with Gasteiger partial charge in [-0.2, -0.15) is 0 Å². The predicted octanol–water partition coefficient (Wildman–Crippen LogP) is 4.12. The molecule has 0 aliphatic heterocycles. The molecule has 0 saturated heterocycles. The van der Waals surface area contributed by atoms with E-state index < -0.39 is 0 Å². The molecule has 2 N–H and O–H groups in total. The highest BCUT2D eigenvalue weighted by Gasteiger charge is 2.09. The molecule has 0 aliphatic carbocycles. The van der Waals surface area contributed by atoms with Crippen molar-refractivity contribution in [1.82, 2.24) is 0 Å². The normalized spacial score (nSPS) is 10.5. The molecule has 2 aromatic rings. The molecule has 0 amide bonds. The van der Waals surface area contributed by atoms with Gasteiger partial charge in [0.2, 0.25) is 0 Å². The number of nitrogen functional groups attached to an aromatic ring is 1. The quantitative estimate of drug-likeness (QED) is 0.764. The first kappa shape index (κ1) is 11.7. The predicted molar refractivity (Wildman–Crippen MR) is 75.1 cm³/mol. The standard InChI is InChI=1S/C16H19N/c1-4-13-7-5-6-8-14(13)15-10-11(2)9-12(3)16(15)17/h5-10H,4,17H2,1-3H3. The van der Waals surface area contributed by atoms with Crippen LogP contribution in [0.25, 0.3) is 11.1 Å². The van der Waals surface area contributed by atoms with E-state index in [1.165, 1.54) is 22.3 Å². The molecule has 0 heterocycles. The van der Waals surface area contributed by atoms with Crippen LogP contribution in [-0.2, 0) is 6.42 Å². The van der Waals surface area contributed by atoms with Gasteiger partial charge < -0.3 is 5.73 Å². The molecule has 2 rings (SSSR count). The average Bonchev–Trinajstić information content (AvgIpc) is 2.33. The monoisotopic (exact) mass is 225 g/mol. The summed E-state index contributed by atoms with van der Waals surface area (Å²) in [5.74, 6) is 0. The van der Waals surface area contributed by atoms with Gasteiger partial charge in [-0.1, -0.05) is 42.8 Å². The van der Waals surface area contributed by atoms with Crippen molar-refractivity contribution < 1.29 is 0 Å². The maximum atomic E-state index is 6.21. The highest BCUT2D eigenvalue weighted by molar-refractivity contribution is 5.81. The summed E-state index contributed by atoms with van der Waals surface area (Å²) in [5.41, 5.74) is 13.3. The van der Waals surface area contributed by atoms with Crippen LogP contribution in [0.1, 0.15) is 23.6 Å². The first-order chi connectivity index (χ1) is 8.13. The molecular weight excluding hydrogens is 206 g/mol. The van der Waals surface area contributed by atoms with Gasteiger partial charge in [0.25, 0.3) is 0 Å². The summed E-state index contributed by atoms with van der Waals surface area (Å²) in [7, 11) is 0. The Balaban J connectivity index is 2.68. The number of hydrogen-bond donors (Lipinski definition) is 1. The van der Waals surface area contributed by atoms with Gasteiger partial charge in [-0.05, 0) is 43.0 Å². The van der Waals surface area contributed by atoms with Gasteiger partial charge in [0.1, 0.15) is 0 Å². The van der Waals surface area contributed by atoms with Gasteiger partial charge in [0.05, 0.1) is 0 Å². The van der Waals surface area contributed by atoms with Crippen LogP contribution in [0.5, 0.6) is 0 Å². The lowest BCUT2D eigenvalue weighted by atomic mass is 9.94. The minimum absolute atomic E-state index is 0.900. The largest absolute Gasteiger partial charge is 0.398 e. The molecule has 0 atom stereocenters. The molecule has 1 nitrogen and oxygen atoms in total.